The summed E-state index contributed by atoms with van der Waals surface area (Å²) < 4.78 is 38.3. The maximum absolute atomic E-state index is 12.8. The zero-order chi connectivity index (χ0) is 23.7. The Kier molecular flexibility index (Phi) is 6.66. The lowest BCUT2D eigenvalue weighted by molar-refractivity contribution is -0.137. The standard InChI is InChI=1S/C26H31F3N4O/c27-26(28,29)22-5-1-18(2-6-22)17-32-11-13-33(14-12-32)25(34)24-16-21-4-3-20(15-23(21)31-24)19-7-9-30-10-8-19/h1-6,15-16,19,25,30-31,34H,7-14,17H2. The summed E-state index contributed by atoms with van der Waals surface area (Å²) in [5.74, 6) is 0.583. The first-order chi connectivity index (χ1) is 16.4. The van der Waals surface area contributed by atoms with E-state index in [9.17, 15) is 18.3 Å². The monoisotopic (exact) mass is 472 g/mol. The van der Waals surface area contributed by atoms with E-state index in [1.807, 2.05) is 11.0 Å². The van der Waals surface area contributed by atoms with Crippen molar-refractivity contribution in [2.75, 3.05) is 39.3 Å². The highest BCUT2D eigenvalue weighted by Crippen LogP contribution is 2.31. The third kappa shape index (κ3) is 5.15. The lowest BCUT2D eigenvalue weighted by atomic mass is 9.90. The number of aromatic amines is 1. The summed E-state index contributed by atoms with van der Waals surface area (Å²) >= 11 is 0. The molecule has 0 aliphatic carbocycles. The van der Waals surface area contributed by atoms with Crippen LogP contribution in [0, 0.1) is 0 Å². The maximum Gasteiger partial charge on any atom is 0.416 e. The fourth-order valence-corrected chi connectivity index (χ4v) is 5.14. The number of aliphatic hydroxyl groups excluding tert-OH is 1. The molecule has 3 heterocycles. The van der Waals surface area contributed by atoms with Crippen molar-refractivity contribution in [2.45, 2.75) is 37.7 Å². The van der Waals surface area contributed by atoms with Crippen molar-refractivity contribution in [1.29, 1.82) is 0 Å². The minimum Gasteiger partial charge on any atom is -0.373 e. The molecule has 1 unspecified atom stereocenters. The molecule has 182 valence electrons. The number of nitrogens with one attached hydrogen (secondary N) is 2. The summed E-state index contributed by atoms with van der Waals surface area (Å²) in [5, 5.41) is 15.5. The average molecular weight is 473 g/mol. The molecule has 8 heteroatoms. The van der Waals surface area contributed by atoms with Gasteiger partial charge >= 0.3 is 6.18 Å². The second kappa shape index (κ2) is 9.70. The van der Waals surface area contributed by atoms with Crippen LogP contribution in [0.25, 0.3) is 10.9 Å². The molecule has 1 atom stereocenters. The van der Waals surface area contributed by atoms with Gasteiger partial charge in [0.05, 0.1) is 11.3 Å². The Morgan fingerprint density at radius 3 is 2.32 bits per heavy atom. The van der Waals surface area contributed by atoms with E-state index >= 15 is 0 Å². The predicted octanol–water partition coefficient (Wildman–Crippen LogP) is 4.46. The van der Waals surface area contributed by atoms with Crippen LogP contribution in [0.15, 0.2) is 48.5 Å². The molecule has 0 bridgehead atoms. The molecular weight excluding hydrogens is 441 g/mol. The zero-order valence-corrected chi connectivity index (χ0v) is 19.1. The quantitative estimate of drug-likeness (QED) is 0.513. The first-order valence-electron chi connectivity index (χ1n) is 12.0. The SMILES string of the molecule is OC(c1cc2ccc(C3CCNCC3)cc2[nH]1)N1CCN(Cc2ccc(C(F)(F)F)cc2)CC1. The molecule has 0 amide bonds. The van der Waals surface area contributed by atoms with Gasteiger partial charge in [-0.25, -0.2) is 0 Å². The number of piperazine rings is 1. The third-order valence-electron chi connectivity index (χ3n) is 7.20. The number of alkyl halides is 3. The number of halogens is 3. The first kappa shape index (κ1) is 23.4. The summed E-state index contributed by atoms with van der Waals surface area (Å²) in [6.07, 6.45) is -2.71. The number of benzene rings is 2. The molecule has 5 nitrogen and oxygen atoms in total. The van der Waals surface area contributed by atoms with Crippen molar-refractivity contribution in [3.8, 4) is 0 Å². The van der Waals surface area contributed by atoms with Gasteiger partial charge in [-0.05, 0) is 72.6 Å². The summed E-state index contributed by atoms with van der Waals surface area (Å²) in [7, 11) is 0. The Labute approximate surface area is 197 Å². The van der Waals surface area contributed by atoms with Crippen molar-refractivity contribution in [3.05, 3.63) is 70.9 Å². The topological polar surface area (TPSA) is 54.5 Å². The van der Waals surface area contributed by atoms with Gasteiger partial charge in [0.2, 0.25) is 0 Å². The predicted molar refractivity (Wildman–Crippen MR) is 126 cm³/mol. The Hall–Kier alpha value is -2.39. The van der Waals surface area contributed by atoms with Crippen LogP contribution in [-0.2, 0) is 12.7 Å². The molecule has 2 aliphatic heterocycles. The van der Waals surface area contributed by atoms with E-state index in [2.05, 4.69) is 33.4 Å². The maximum atomic E-state index is 12.8. The zero-order valence-electron chi connectivity index (χ0n) is 19.1. The van der Waals surface area contributed by atoms with Gasteiger partial charge in [-0.2, -0.15) is 13.2 Å². The van der Waals surface area contributed by atoms with E-state index in [1.54, 1.807) is 12.1 Å². The number of nitrogens with zero attached hydrogens (tertiary/aromatic N) is 2. The second-order valence-corrected chi connectivity index (χ2v) is 9.48. The number of fused-ring (bicyclic) bond motifs is 1. The number of hydrogen-bond acceptors (Lipinski definition) is 4. The molecule has 0 spiro atoms. The fourth-order valence-electron chi connectivity index (χ4n) is 5.14. The fraction of sp³-hybridized carbons (Fsp3) is 0.462. The van der Waals surface area contributed by atoms with Crippen LogP contribution in [0.4, 0.5) is 13.2 Å². The van der Waals surface area contributed by atoms with Gasteiger partial charge in [-0.3, -0.25) is 9.80 Å². The smallest absolute Gasteiger partial charge is 0.373 e. The molecule has 3 aromatic rings. The van der Waals surface area contributed by atoms with Crippen LogP contribution >= 0.6 is 0 Å². The molecular formula is C26H31F3N4O. The number of aromatic nitrogens is 1. The minimum atomic E-state index is -4.31. The van der Waals surface area contributed by atoms with Crippen LogP contribution in [0.1, 0.15) is 47.4 Å². The van der Waals surface area contributed by atoms with E-state index in [0.29, 0.717) is 25.6 Å². The molecule has 34 heavy (non-hydrogen) atoms. The molecule has 2 aromatic carbocycles. The molecule has 0 saturated carbocycles. The van der Waals surface area contributed by atoms with E-state index in [0.717, 1.165) is 73.3 Å². The van der Waals surface area contributed by atoms with Gasteiger partial charge in [-0.15, -0.1) is 0 Å². The molecule has 5 rings (SSSR count). The van der Waals surface area contributed by atoms with Crippen LogP contribution in [0.3, 0.4) is 0 Å². The van der Waals surface area contributed by atoms with Crippen LogP contribution in [-0.4, -0.2) is 59.2 Å². The van der Waals surface area contributed by atoms with Crippen molar-refractivity contribution in [2.24, 2.45) is 0 Å². The van der Waals surface area contributed by atoms with E-state index in [4.69, 9.17) is 0 Å². The molecule has 3 N–H and O–H groups in total. The highest BCUT2D eigenvalue weighted by atomic mass is 19.4. The van der Waals surface area contributed by atoms with Gasteiger partial charge in [0, 0.05) is 38.2 Å². The van der Waals surface area contributed by atoms with Gasteiger partial charge in [0.25, 0.3) is 0 Å². The van der Waals surface area contributed by atoms with E-state index in [-0.39, 0.29) is 0 Å². The summed E-state index contributed by atoms with van der Waals surface area (Å²) in [6, 6.07) is 14.0. The minimum absolute atomic E-state index is 0.583. The normalized spacial score (nSPS) is 20.1. The summed E-state index contributed by atoms with van der Waals surface area (Å²) in [4.78, 5) is 7.68. The number of piperidine rings is 1. The van der Waals surface area contributed by atoms with Crippen molar-refractivity contribution in [3.63, 3.8) is 0 Å². The van der Waals surface area contributed by atoms with Crippen LogP contribution in [0.2, 0.25) is 0 Å². The second-order valence-electron chi connectivity index (χ2n) is 9.48. The van der Waals surface area contributed by atoms with Crippen molar-refractivity contribution in [1.82, 2.24) is 20.1 Å². The third-order valence-corrected chi connectivity index (χ3v) is 7.20. The Balaban J connectivity index is 1.18. The number of H-pyrrole nitrogens is 1. The number of hydrogen-bond donors (Lipinski definition) is 3. The van der Waals surface area contributed by atoms with Crippen LogP contribution in [0.5, 0.6) is 0 Å². The molecule has 1 aromatic heterocycles. The highest BCUT2D eigenvalue weighted by molar-refractivity contribution is 5.81. The highest BCUT2D eigenvalue weighted by Gasteiger charge is 2.30. The van der Waals surface area contributed by atoms with E-state index in [1.165, 1.54) is 5.56 Å². The number of aliphatic hydroxyl groups is 1. The van der Waals surface area contributed by atoms with Crippen LogP contribution < -0.4 is 5.32 Å². The molecule has 2 fully saturated rings. The molecule has 2 aliphatic rings. The Morgan fingerprint density at radius 2 is 1.65 bits per heavy atom. The summed E-state index contributed by atoms with van der Waals surface area (Å²) in [6.45, 7) is 5.60. The first-order valence-corrected chi connectivity index (χ1v) is 12.0. The summed E-state index contributed by atoms with van der Waals surface area (Å²) in [5.41, 5.74) is 3.46. The number of rotatable bonds is 5. The Morgan fingerprint density at radius 1 is 0.941 bits per heavy atom. The largest absolute Gasteiger partial charge is 0.416 e. The van der Waals surface area contributed by atoms with Gasteiger partial charge < -0.3 is 15.4 Å². The lowest BCUT2D eigenvalue weighted by Gasteiger charge is -2.37. The van der Waals surface area contributed by atoms with Gasteiger partial charge in [-0.1, -0.05) is 24.3 Å². The lowest BCUT2D eigenvalue weighted by Crippen LogP contribution is -2.47. The van der Waals surface area contributed by atoms with Crippen molar-refractivity contribution >= 4 is 10.9 Å². The Bertz CT molecular complexity index is 1100. The molecule has 0 radical (unpaired) electrons. The van der Waals surface area contributed by atoms with Crippen molar-refractivity contribution < 1.29 is 18.3 Å². The van der Waals surface area contributed by atoms with Gasteiger partial charge in [0.1, 0.15) is 6.23 Å². The average Bonchev–Trinajstić information content (AvgIpc) is 3.28. The van der Waals surface area contributed by atoms with E-state index < -0.39 is 18.0 Å². The molecule has 2 saturated heterocycles. The van der Waals surface area contributed by atoms with Gasteiger partial charge in [0.15, 0.2) is 0 Å².